The van der Waals surface area contributed by atoms with Crippen molar-refractivity contribution < 1.29 is 8.39 Å². The smallest absolute Gasteiger partial charge is 0.192 e. The minimum absolute atomic E-state index is 0.00636. The van der Waals surface area contributed by atoms with Crippen molar-refractivity contribution in [2.24, 2.45) is 0 Å². The zero-order valence-corrected chi connectivity index (χ0v) is 11.7. The van der Waals surface area contributed by atoms with E-state index in [0.717, 1.165) is 0 Å². The van der Waals surface area contributed by atoms with Crippen LogP contribution in [0.1, 0.15) is 0 Å². The first kappa shape index (κ1) is 13.8. The van der Waals surface area contributed by atoms with E-state index in [1.54, 1.807) is 0 Å². The summed E-state index contributed by atoms with van der Waals surface area (Å²) in [5.41, 5.74) is 0. The highest BCUT2D eigenvalue weighted by Crippen LogP contribution is 2.45. The molecule has 0 aliphatic rings. The van der Waals surface area contributed by atoms with Crippen molar-refractivity contribution in [3.8, 4) is 0 Å². The summed E-state index contributed by atoms with van der Waals surface area (Å²) in [4.78, 5) is 0.0141. The molecule has 0 heterocycles. The highest BCUT2D eigenvalue weighted by molar-refractivity contribution is 7.80. The van der Waals surface area contributed by atoms with Crippen LogP contribution in [0.15, 0.2) is 4.90 Å². The predicted octanol–water partition coefficient (Wildman–Crippen LogP) is 4.62. The quantitative estimate of drug-likeness (QED) is 0.585. The fraction of sp³-hybridized carbons (Fsp3) is 0.143. The van der Waals surface area contributed by atoms with Crippen molar-refractivity contribution in [1.29, 1.82) is 0 Å². The average Bonchev–Trinajstić information content (AvgIpc) is 2.23. The third-order valence-corrected chi connectivity index (χ3v) is 5.03. The second-order valence-corrected chi connectivity index (χ2v) is 5.40. The number of halogens is 5. The first-order valence-electron chi connectivity index (χ1n) is 3.39. The standard InChI is InChI=1S/C7H3Cl5O2S/c1-14-15(13)7-5(11)3(9)2(8)4(10)6(7)12/h1H3. The van der Waals surface area contributed by atoms with Crippen molar-refractivity contribution >= 4 is 69.1 Å². The van der Waals surface area contributed by atoms with E-state index in [2.05, 4.69) is 4.18 Å². The van der Waals surface area contributed by atoms with Crippen molar-refractivity contribution in [2.45, 2.75) is 4.90 Å². The Morgan fingerprint density at radius 1 is 0.867 bits per heavy atom. The van der Waals surface area contributed by atoms with E-state index in [1.165, 1.54) is 7.11 Å². The van der Waals surface area contributed by atoms with Crippen LogP contribution >= 0.6 is 58.0 Å². The SMILES string of the molecule is COS(=O)c1c(Cl)c(Cl)c(Cl)c(Cl)c1Cl. The van der Waals surface area contributed by atoms with Gasteiger partial charge in [-0.15, -0.1) is 0 Å². The third kappa shape index (κ3) is 2.55. The molecule has 0 bridgehead atoms. The molecule has 1 unspecified atom stereocenters. The Labute approximate surface area is 114 Å². The molecule has 0 radical (unpaired) electrons. The molecule has 84 valence electrons. The molecule has 1 atom stereocenters. The van der Waals surface area contributed by atoms with Crippen LogP contribution in [-0.4, -0.2) is 11.3 Å². The Bertz CT molecular complexity index is 405. The fourth-order valence-electron chi connectivity index (χ4n) is 0.814. The van der Waals surface area contributed by atoms with E-state index in [-0.39, 0.29) is 30.0 Å². The molecule has 0 saturated carbocycles. The minimum Gasteiger partial charge on any atom is -0.290 e. The highest BCUT2D eigenvalue weighted by Gasteiger charge is 2.23. The van der Waals surface area contributed by atoms with Gasteiger partial charge in [0.15, 0.2) is 11.1 Å². The molecule has 1 rings (SSSR count). The van der Waals surface area contributed by atoms with Crippen molar-refractivity contribution in [2.75, 3.05) is 7.11 Å². The van der Waals surface area contributed by atoms with E-state index in [4.69, 9.17) is 58.0 Å². The molecule has 8 heteroatoms. The fourth-order valence-corrected chi connectivity index (χ4v) is 3.11. The Hall–Kier alpha value is 0.780. The zero-order chi connectivity index (χ0) is 11.7. The van der Waals surface area contributed by atoms with Crippen molar-refractivity contribution in [1.82, 2.24) is 0 Å². The average molecular weight is 328 g/mol. The van der Waals surface area contributed by atoms with Gasteiger partial charge < -0.3 is 0 Å². The molecule has 1 aromatic rings. The second-order valence-electron chi connectivity index (χ2n) is 2.30. The summed E-state index contributed by atoms with van der Waals surface area (Å²) in [6, 6.07) is 0. The molecule has 15 heavy (non-hydrogen) atoms. The molecule has 0 aromatic heterocycles. The van der Waals surface area contributed by atoms with Crippen LogP contribution < -0.4 is 0 Å². The molecule has 2 nitrogen and oxygen atoms in total. The van der Waals surface area contributed by atoms with Crippen LogP contribution in [-0.2, 0) is 15.3 Å². The van der Waals surface area contributed by atoms with Gasteiger partial charge in [0.25, 0.3) is 0 Å². The van der Waals surface area contributed by atoms with Gasteiger partial charge in [-0.25, -0.2) is 4.21 Å². The third-order valence-electron chi connectivity index (χ3n) is 1.49. The number of hydrogen-bond donors (Lipinski definition) is 0. The van der Waals surface area contributed by atoms with E-state index < -0.39 is 11.1 Å². The maximum atomic E-state index is 11.4. The van der Waals surface area contributed by atoms with Gasteiger partial charge >= 0.3 is 0 Å². The molecule has 0 saturated heterocycles. The lowest BCUT2D eigenvalue weighted by molar-refractivity contribution is 0.446. The largest absolute Gasteiger partial charge is 0.290 e. The van der Waals surface area contributed by atoms with E-state index >= 15 is 0 Å². The van der Waals surface area contributed by atoms with Crippen LogP contribution in [0, 0.1) is 0 Å². The Morgan fingerprint density at radius 3 is 1.53 bits per heavy atom. The summed E-state index contributed by atoms with van der Waals surface area (Å²) in [5.74, 6) is 0. The molecule has 0 amide bonds. The van der Waals surface area contributed by atoms with Crippen LogP contribution in [0.5, 0.6) is 0 Å². The summed E-state index contributed by atoms with van der Waals surface area (Å²) in [6.07, 6.45) is 0. The van der Waals surface area contributed by atoms with Gasteiger partial charge in [-0.05, 0) is 0 Å². The highest BCUT2D eigenvalue weighted by atomic mass is 35.5. The lowest BCUT2D eigenvalue weighted by atomic mass is 10.3. The van der Waals surface area contributed by atoms with Crippen molar-refractivity contribution in [3.05, 3.63) is 25.1 Å². The number of hydrogen-bond acceptors (Lipinski definition) is 2. The zero-order valence-electron chi connectivity index (χ0n) is 7.11. The Balaban J connectivity index is 3.60. The molecule has 0 aliphatic heterocycles. The predicted molar refractivity (Wildman–Crippen MR) is 64.9 cm³/mol. The summed E-state index contributed by atoms with van der Waals surface area (Å²) in [5, 5.41) is -0.0565. The van der Waals surface area contributed by atoms with Gasteiger partial charge in [0, 0.05) is 0 Å². The normalized spacial score (nSPS) is 12.9. The van der Waals surface area contributed by atoms with Gasteiger partial charge in [0.1, 0.15) is 4.90 Å². The summed E-state index contributed by atoms with van der Waals surface area (Å²) < 4.78 is 16.0. The van der Waals surface area contributed by atoms with Crippen LogP contribution in [0.3, 0.4) is 0 Å². The second kappa shape index (κ2) is 5.41. The van der Waals surface area contributed by atoms with Gasteiger partial charge in [-0.2, -0.15) is 0 Å². The van der Waals surface area contributed by atoms with E-state index in [9.17, 15) is 4.21 Å². The maximum absolute atomic E-state index is 11.4. The van der Waals surface area contributed by atoms with Crippen LogP contribution in [0.2, 0.25) is 25.1 Å². The van der Waals surface area contributed by atoms with Gasteiger partial charge in [-0.1, -0.05) is 58.0 Å². The van der Waals surface area contributed by atoms with Crippen molar-refractivity contribution in [3.63, 3.8) is 0 Å². The molecule has 0 aliphatic carbocycles. The number of benzene rings is 1. The molecular formula is C7H3Cl5O2S. The topological polar surface area (TPSA) is 26.3 Å². The Kier molecular flexibility index (Phi) is 4.99. The Morgan fingerprint density at radius 2 is 1.20 bits per heavy atom. The van der Waals surface area contributed by atoms with Crippen LogP contribution in [0.4, 0.5) is 0 Å². The molecular weight excluding hydrogens is 325 g/mol. The molecule has 1 aromatic carbocycles. The van der Waals surface area contributed by atoms with Gasteiger partial charge in [0.05, 0.1) is 32.2 Å². The van der Waals surface area contributed by atoms with Gasteiger partial charge in [-0.3, -0.25) is 4.18 Å². The molecule has 0 N–H and O–H groups in total. The van der Waals surface area contributed by atoms with Gasteiger partial charge in [0.2, 0.25) is 0 Å². The minimum atomic E-state index is -1.83. The van der Waals surface area contributed by atoms with Crippen LogP contribution in [0.25, 0.3) is 0 Å². The lowest BCUT2D eigenvalue weighted by Gasteiger charge is -2.10. The number of rotatable bonds is 2. The maximum Gasteiger partial charge on any atom is 0.192 e. The molecule has 0 spiro atoms. The summed E-state index contributed by atoms with van der Waals surface area (Å²) in [7, 11) is 1.24. The lowest BCUT2D eigenvalue weighted by Crippen LogP contribution is -1.97. The van der Waals surface area contributed by atoms with E-state index in [1.807, 2.05) is 0 Å². The summed E-state index contributed by atoms with van der Waals surface area (Å²) in [6.45, 7) is 0. The first-order valence-corrected chi connectivity index (χ1v) is 6.36. The monoisotopic (exact) mass is 326 g/mol. The summed E-state index contributed by atoms with van der Waals surface area (Å²) >= 11 is 27.1. The first-order chi connectivity index (χ1) is 6.91. The van der Waals surface area contributed by atoms with E-state index in [0.29, 0.717) is 0 Å². The molecule has 0 fully saturated rings.